The molecular formula is C34H35ClN4O6. The van der Waals surface area contributed by atoms with Gasteiger partial charge in [0.05, 0.1) is 11.9 Å². The molecule has 1 aromatic heterocycles. The number of para-hydroxylation sites is 2. The van der Waals surface area contributed by atoms with Crippen LogP contribution in [0.2, 0.25) is 5.02 Å². The normalized spacial score (nSPS) is 14.7. The number of hydrogen-bond acceptors (Lipinski definition) is 7. The van der Waals surface area contributed by atoms with Crippen molar-refractivity contribution in [1.29, 1.82) is 0 Å². The summed E-state index contributed by atoms with van der Waals surface area (Å²) in [5.74, 6) is -1.28. The minimum Gasteiger partial charge on any atom is -0.504 e. The average Bonchev–Trinajstić information content (AvgIpc) is 3.46. The van der Waals surface area contributed by atoms with Crippen LogP contribution < -0.4 is 15.6 Å². The number of phenolic OH excluding ortho intramolecular Hbond substituents is 1. The highest BCUT2D eigenvalue weighted by atomic mass is 35.5. The van der Waals surface area contributed by atoms with Gasteiger partial charge in [-0.2, -0.15) is 0 Å². The molecule has 2 saturated heterocycles. The van der Waals surface area contributed by atoms with Crippen molar-refractivity contribution in [3.05, 3.63) is 105 Å². The number of anilines is 1. The number of aryl methyl sites for hydroxylation is 1. The number of benzene rings is 3. The van der Waals surface area contributed by atoms with Crippen LogP contribution >= 0.6 is 11.6 Å². The molecule has 0 aliphatic carbocycles. The number of nitrogens with one attached hydrogen (secondary N) is 1. The number of halogens is 1. The number of carbonyl (C=O) groups excluding carboxylic acids is 3. The Bertz CT molecular complexity index is 1730. The number of likely N-dealkylation sites (tertiary alicyclic amines) is 1. The largest absolute Gasteiger partial charge is 0.504 e. The summed E-state index contributed by atoms with van der Waals surface area (Å²) in [4.78, 5) is 55.5. The van der Waals surface area contributed by atoms with E-state index in [-0.39, 0.29) is 40.8 Å². The van der Waals surface area contributed by atoms with Gasteiger partial charge in [0.2, 0.25) is 11.8 Å². The fraction of sp³-hybridized carbons (Fsp3) is 0.294. The number of amides is 3. The number of phenols is 1. The molecule has 45 heavy (non-hydrogen) atoms. The molecule has 2 aliphatic rings. The lowest BCUT2D eigenvalue weighted by atomic mass is 10.1. The smallest absolute Gasteiger partial charge is 0.287 e. The predicted octanol–water partition coefficient (Wildman–Crippen LogP) is 4.35. The lowest BCUT2D eigenvalue weighted by Gasteiger charge is -2.37. The SMILES string of the molecule is Cc1ccc(Cl)cc1.O=C(NCC(=O)N1CCN(c2ccccc2CN2CCCC2=O)CC1)c1cc(=O)c2cccc(O)c2o1. The molecule has 0 atom stereocenters. The quantitative estimate of drug-likeness (QED) is 0.325. The maximum atomic E-state index is 12.8. The fourth-order valence-electron chi connectivity index (χ4n) is 5.39. The van der Waals surface area contributed by atoms with Crippen molar-refractivity contribution in [2.45, 2.75) is 26.3 Å². The molecule has 2 N–H and O–H groups in total. The number of aromatic hydroxyl groups is 1. The summed E-state index contributed by atoms with van der Waals surface area (Å²) >= 11 is 5.61. The second kappa shape index (κ2) is 14.3. The Kier molecular flexibility index (Phi) is 10.0. The summed E-state index contributed by atoms with van der Waals surface area (Å²) in [7, 11) is 0. The van der Waals surface area contributed by atoms with Gasteiger partial charge >= 0.3 is 0 Å². The molecular weight excluding hydrogens is 596 g/mol. The minimum absolute atomic E-state index is 0.0722. The molecule has 0 spiro atoms. The molecule has 234 valence electrons. The first-order valence-electron chi connectivity index (χ1n) is 14.8. The summed E-state index contributed by atoms with van der Waals surface area (Å²) in [5, 5.41) is 13.4. The van der Waals surface area contributed by atoms with E-state index in [0.29, 0.717) is 39.1 Å². The summed E-state index contributed by atoms with van der Waals surface area (Å²) < 4.78 is 5.42. The van der Waals surface area contributed by atoms with E-state index in [1.165, 1.54) is 23.8 Å². The van der Waals surface area contributed by atoms with Crippen LogP contribution in [-0.2, 0) is 16.1 Å². The van der Waals surface area contributed by atoms with Gasteiger partial charge in [-0.1, -0.05) is 53.6 Å². The first-order chi connectivity index (χ1) is 21.7. The average molecular weight is 631 g/mol. The Morgan fingerprint density at radius 1 is 0.933 bits per heavy atom. The van der Waals surface area contributed by atoms with Gasteiger partial charge in [-0.15, -0.1) is 0 Å². The van der Waals surface area contributed by atoms with Gasteiger partial charge in [0.25, 0.3) is 5.91 Å². The van der Waals surface area contributed by atoms with E-state index < -0.39 is 11.3 Å². The van der Waals surface area contributed by atoms with Crippen molar-refractivity contribution in [3.63, 3.8) is 0 Å². The van der Waals surface area contributed by atoms with Gasteiger partial charge in [0, 0.05) is 62.5 Å². The number of hydrogen-bond donors (Lipinski definition) is 2. The number of fused-ring (bicyclic) bond motifs is 1. The van der Waals surface area contributed by atoms with Gasteiger partial charge in [-0.05, 0) is 49.2 Å². The van der Waals surface area contributed by atoms with Crippen LogP contribution in [0.5, 0.6) is 5.75 Å². The Morgan fingerprint density at radius 2 is 1.67 bits per heavy atom. The van der Waals surface area contributed by atoms with Crippen LogP contribution in [0.15, 0.2) is 82.0 Å². The topological polar surface area (TPSA) is 123 Å². The molecule has 3 amide bonds. The van der Waals surface area contributed by atoms with Crippen molar-refractivity contribution < 1.29 is 23.9 Å². The zero-order valence-electron chi connectivity index (χ0n) is 25.0. The van der Waals surface area contributed by atoms with Crippen LogP contribution in [0.3, 0.4) is 0 Å². The molecule has 4 aromatic rings. The zero-order chi connectivity index (χ0) is 31.9. The van der Waals surface area contributed by atoms with E-state index in [4.69, 9.17) is 16.0 Å². The Morgan fingerprint density at radius 3 is 2.36 bits per heavy atom. The van der Waals surface area contributed by atoms with Gasteiger partial charge in [-0.3, -0.25) is 19.2 Å². The van der Waals surface area contributed by atoms with E-state index in [1.54, 1.807) is 4.90 Å². The molecule has 11 heteroatoms. The molecule has 2 aliphatic heterocycles. The molecule has 3 aromatic carbocycles. The molecule has 0 radical (unpaired) electrons. The second-order valence-corrected chi connectivity index (χ2v) is 11.5. The highest BCUT2D eigenvalue weighted by Gasteiger charge is 2.25. The molecule has 3 heterocycles. The van der Waals surface area contributed by atoms with Gasteiger partial charge in [0.1, 0.15) is 0 Å². The summed E-state index contributed by atoms with van der Waals surface area (Å²) in [6.07, 6.45) is 1.50. The van der Waals surface area contributed by atoms with Crippen LogP contribution in [-0.4, -0.2) is 71.9 Å². The van der Waals surface area contributed by atoms with Gasteiger partial charge in [-0.25, -0.2) is 0 Å². The molecule has 6 rings (SSSR count). The third-order valence-corrected chi connectivity index (χ3v) is 8.12. The monoisotopic (exact) mass is 630 g/mol. The van der Waals surface area contributed by atoms with E-state index in [9.17, 15) is 24.3 Å². The molecule has 2 fully saturated rings. The number of carbonyl (C=O) groups is 3. The maximum Gasteiger partial charge on any atom is 0.287 e. The van der Waals surface area contributed by atoms with E-state index in [0.717, 1.165) is 35.3 Å². The van der Waals surface area contributed by atoms with E-state index >= 15 is 0 Å². The van der Waals surface area contributed by atoms with E-state index in [2.05, 4.69) is 10.2 Å². The first-order valence-corrected chi connectivity index (χ1v) is 15.2. The van der Waals surface area contributed by atoms with Crippen LogP contribution in [0, 0.1) is 6.92 Å². The molecule has 0 saturated carbocycles. The Hall–Kier alpha value is -4.83. The van der Waals surface area contributed by atoms with E-state index in [1.807, 2.05) is 60.4 Å². The summed E-state index contributed by atoms with van der Waals surface area (Å²) in [6, 6.07) is 21.2. The van der Waals surface area contributed by atoms with Crippen molar-refractivity contribution in [2.24, 2.45) is 0 Å². The number of rotatable bonds is 6. The Balaban J connectivity index is 0.000000436. The van der Waals surface area contributed by atoms with Gasteiger partial charge < -0.3 is 29.5 Å². The molecule has 0 bridgehead atoms. The molecule has 10 nitrogen and oxygen atoms in total. The van der Waals surface area contributed by atoms with Crippen molar-refractivity contribution in [1.82, 2.24) is 15.1 Å². The Labute approximate surface area is 265 Å². The van der Waals surface area contributed by atoms with Crippen LogP contribution in [0.25, 0.3) is 11.0 Å². The number of piperazine rings is 1. The highest BCUT2D eigenvalue weighted by Crippen LogP contribution is 2.26. The lowest BCUT2D eigenvalue weighted by molar-refractivity contribution is -0.130. The highest BCUT2D eigenvalue weighted by molar-refractivity contribution is 6.30. The van der Waals surface area contributed by atoms with Gasteiger partial charge in [0.15, 0.2) is 22.5 Å². The first kappa shape index (κ1) is 31.6. The lowest BCUT2D eigenvalue weighted by Crippen LogP contribution is -2.51. The number of nitrogens with zero attached hydrogens (tertiary/aromatic N) is 3. The summed E-state index contributed by atoms with van der Waals surface area (Å²) in [5.41, 5.74) is 2.87. The van der Waals surface area contributed by atoms with Crippen LogP contribution in [0.1, 0.15) is 34.5 Å². The standard InChI is InChI=1S/C27H28N4O6.C7H7Cl/c32-21-8-3-6-19-22(33)15-23(37-26(19)21)27(36)28-16-25(35)30-13-11-29(12-14-30)20-7-2-1-5-18(20)17-31-10-4-9-24(31)34;1-6-2-4-7(8)5-3-6/h1-3,5-8,15,32H,4,9-14,16-17H2,(H,28,36);2-5H,1H3. The maximum absolute atomic E-state index is 12.8. The third-order valence-electron chi connectivity index (χ3n) is 7.87. The summed E-state index contributed by atoms with van der Waals surface area (Å²) in [6.45, 7) is 5.40. The van der Waals surface area contributed by atoms with Crippen molar-refractivity contribution in [2.75, 3.05) is 44.2 Å². The van der Waals surface area contributed by atoms with Crippen molar-refractivity contribution in [3.8, 4) is 5.75 Å². The zero-order valence-corrected chi connectivity index (χ0v) is 25.8. The predicted molar refractivity (Wildman–Crippen MR) is 173 cm³/mol. The van der Waals surface area contributed by atoms with Crippen LogP contribution in [0.4, 0.5) is 5.69 Å². The fourth-order valence-corrected chi connectivity index (χ4v) is 5.51. The molecule has 0 unspecified atom stereocenters. The van der Waals surface area contributed by atoms with Crippen molar-refractivity contribution >= 4 is 46.0 Å². The second-order valence-electron chi connectivity index (χ2n) is 11.0. The third kappa shape index (κ3) is 7.82. The minimum atomic E-state index is -0.709.